The highest BCUT2D eigenvalue weighted by Gasteiger charge is 2.08. The summed E-state index contributed by atoms with van der Waals surface area (Å²) in [5.74, 6) is 0.856. The second-order valence-corrected chi connectivity index (χ2v) is 5.70. The number of methoxy groups -OCH3 is 1. The molecule has 0 unspecified atom stereocenters. The first-order valence-corrected chi connectivity index (χ1v) is 8.08. The monoisotopic (exact) mass is 322 g/mol. The number of para-hydroxylation sites is 1. The molecule has 24 heavy (non-hydrogen) atoms. The highest BCUT2D eigenvalue weighted by atomic mass is 16.5. The first-order chi connectivity index (χ1) is 11.8. The van der Waals surface area contributed by atoms with Crippen LogP contribution < -0.4 is 4.74 Å². The van der Waals surface area contributed by atoms with Crippen LogP contribution in [-0.4, -0.2) is 23.5 Å². The van der Waals surface area contributed by atoms with Gasteiger partial charge in [0.05, 0.1) is 23.7 Å². The van der Waals surface area contributed by atoms with Gasteiger partial charge >= 0.3 is 0 Å². The topological polar surface area (TPSA) is 36.3 Å². The average Bonchev–Trinajstić information content (AvgIpc) is 3.00. The Bertz CT molecular complexity index is 764. The Morgan fingerprint density at radius 1 is 1.00 bits per heavy atom. The van der Waals surface area contributed by atoms with Gasteiger partial charge in [0.15, 0.2) is 0 Å². The molecule has 4 heteroatoms. The molecule has 3 aromatic rings. The molecular formula is C20H22N2O2. The predicted octanol–water partition coefficient (Wildman–Crippen LogP) is 3.95. The van der Waals surface area contributed by atoms with E-state index in [0.717, 1.165) is 35.9 Å². The van der Waals surface area contributed by atoms with Gasteiger partial charge in [0.2, 0.25) is 0 Å². The third-order valence-electron chi connectivity index (χ3n) is 3.81. The lowest BCUT2D eigenvalue weighted by Gasteiger charge is -2.10. The average molecular weight is 322 g/mol. The number of benzene rings is 2. The van der Waals surface area contributed by atoms with Gasteiger partial charge in [-0.3, -0.25) is 0 Å². The molecule has 3 rings (SSSR count). The summed E-state index contributed by atoms with van der Waals surface area (Å²) < 4.78 is 13.0. The maximum Gasteiger partial charge on any atom is 0.130 e. The smallest absolute Gasteiger partial charge is 0.130 e. The molecule has 124 valence electrons. The van der Waals surface area contributed by atoms with Crippen LogP contribution >= 0.6 is 0 Å². The SMILES string of the molecule is COCCc1ccc(OCc2cc(C)nn2-c2ccccc2)cc1. The van der Waals surface area contributed by atoms with Crippen molar-refractivity contribution in [1.29, 1.82) is 0 Å². The van der Waals surface area contributed by atoms with Crippen molar-refractivity contribution in [2.24, 2.45) is 0 Å². The molecule has 0 aliphatic carbocycles. The van der Waals surface area contributed by atoms with Crippen LogP contribution in [0.15, 0.2) is 60.7 Å². The van der Waals surface area contributed by atoms with Gasteiger partial charge in [0.25, 0.3) is 0 Å². The Hall–Kier alpha value is -2.59. The molecule has 0 atom stereocenters. The van der Waals surface area contributed by atoms with E-state index in [1.54, 1.807) is 7.11 Å². The number of nitrogens with zero attached hydrogens (tertiary/aromatic N) is 2. The Morgan fingerprint density at radius 2 is 1.75 bits per heavy atom. The maximum atomic E-state index is 5.93. The third-order valence-corrected chi connectivity index (χ3v) is 3.81. The second-order valence-electron chi connectivity index (χ2n) is 5.70. The predicted molar refractivity (Wildman–Crippen MR) is 94.7 cm³/mol. The summed E-state index contributed by atoms with van der Waals surface area (Å²) in [6, 6.07) is 20.3. The molecule has 0 saturated heterocycles. The van der Waals surface area contributed by atoms with Gasteiger partial charge in [-0.2, -0.15) is 5.10 Å². The van der Waals surface area contributed by atoms with E-state index in [2.05, 4.69) is 23.3 Å². The second kappa shape index (κ2) is 7.79. The fraction of sp³-hybridized carbons (Fsp3) is 0.250. The van der Waals surface area contributed by atoms with Crippen molar-refractivity contribution < 1.29 is 9.47 Å². The normalized spacial score (nSPS) is 10.8. The first-order valence-electron chi connectivity index (χ1n) is 8.08. The van der Waals surface area contributed by atoms with E-state index in [-0.39, 0.29) is 0 Å². The summed E-state index contributed by atoms with van der Waals surface area (Å²) in [7, 11) is 1.72. The lowest BCUT2D eigenvalue weighted by molar-refractivity contribution is 0.202. The summed E-state index contributed by atoms with van der Waals surface area (Å²) in [6.45, 7) is 3.20. The maximum absolute atomic E-state index is 5.93. The summed E-state index contributed by atoms with van der Waals surface area (Å²) in [5.41, 5.74) is 4.29. The van der Waals surface area contributed by atoms with E-state index in [1.165, 1.54) is 5.56 Å². The van der Waals surface area contributed by atoms with Gasteiger partial charge < -0.3 is 9.47 Å². The van der Waals surface area contributed by atoms with Gasteiger partial charge in [-0.1, -0.05) is 30.3 Å². The van der Waals surface area contributed by atoms with Crippen LogP contribution in [0.5, 0.6) is 5.75 Å². The lowest BCUT2D eigenvalue weighted by Crippen LogP contribution is -2.05. The number of aryl methyl sites for hydroxylation is 1. The molecule has 0 fully saturated rings. The highest BCUT2D eigenvalue weighted by molar-refractivity contribution is 5.33. The van der Waals surface area contributed by atoms with E-state index in [1.807, 2.05) is 54.1 Å². The Balaban J connectivity index is 1.69. The fourth-order valence-corrected chi connectivity index (χ4v) is 2.58. The van der Waals surface area contributed by atoms with E-state index in [0.29, 0.717) is 6.61 Å². The lowest BCUT2D eigenvalue weighted by atomic mass is 10.1. The Morgan fingerprint density at radius 3 is 2.46 bits per heavy atom. The van der Waals surface area contributed by atoms with Gasteiger partial charge in [-0.25, -0.2) is 4.68 Å². The Kier molecular flexibility index (Phi) is 5.29. The van der Waals surface area contributed by atoms with Crippen molar-refractivity contribution in [2.45, 2.75) is 20.0 Å². The van der Waals surface area contributed by atoms with E-state index in [4.69, 9.17) is 9.47 Å². The molecule has 0 bridgehead atoms. The van der Waals surface area contributed by atoms with Crippen molar-refractivity contribution in [3.8, 4) is 11.4 Å². The van der Waals surface area contributed by atoms with E-state index >= 15 is 0 Å². The van der Waals surface area contributed by atoms with Crippen LogP contribution in [-0.2, 0) is 17.8 Å². The summed E-state index contributed by atoms with van der Waals surface area (Å²) in [5, 5.41) is 4.56. The van der Waals surface area contributed by atoms with Gasteiger partial charge in [0.1, 0.15) is 12.4 Å². The van der Waals surface area contributed by atoms with Crippen LogP contribution in [0.3, 0.4) is 0 Å². The van der Waals surface area contributed by atoms with Crippen molar-refractivity contribution in [1.82, 2.24) is 9.78 Å². The number of hydrogen-bond donors (Lipinski definition) is 0. The van der Waals surface area contributed by atoms with Gasteiger partial charge in [-0.15, -0.1) is 0 Å². The molecule has 0 saturated carbocycles. The molecule has 1 heterocycles. The first kappa shape index (κ1) is 16.3. The largest absolute Gasteiger partial charge is 0.487 e. The molecule has 2 aromatic carbocycles. The van der Waals surface area contributed by atoms with Crippen LogP contribution in [0, 0.1) is 6.92 Å². The summed E-state index contributed by atoms with van der Waals surface area (Å²) >= 11 is 0. The number of ether oxygens (including phenoxy) is 2. The molecule has 0 radical (unpaired) electrons. The van der Waals surface area contributed by atoms with Crippen LogP contribution in [0.2, 0.25) is 0 Å². The van der Waals surface area contributed by atoms with Gasteiger partial charge in [0, 0.05) is 7.11 Å². The molecular weight excluding hydrogens is 300 g/mol. The summed E-state index contributed by atoms with van der Waals surface area (Å²) in [4.78, 5) is 0. The Labute approximate surface area is 142 Å². The van der Waals surface area contributed by atoms with Crippen molar-refractivity contribution in [2.75, 3.05) is 13.7 Å². The van der Waals surface area contributed by atoms with Crippen LogP contribution in [0.1, 0.15) is 17.0 Å². The number of aromatic nitrogens is 2. The fourth-order valence-electron chi connectivity index (χ4n) is 2.58. The molecule has 4 nitrogen and oxygen atoms in total. The third kappa shape index (κ3) is 4.03. The van der Waals surface area contributed by atoms with E-state index in [9.17, 15) is 0 Å². The van der Waals surface area contributed by atoms with Crippen LogP contribution in [0.4, 0.5) is 0 Å². The van der Waals surface area contributed by atoms with Crippen molar-refractivity contribution >= 4 is 0 Å². The summed E-state index contributed by atoms with van der Waals surface area (Å²) in [6.07, 6.45) is 0.913. The number of hydrogen-bond acceptors (Lipinski definition) is 3. The zero-order valence-electron chi connectivity index (χ0n) is 14.1. The molecule has 0 spiro atoms. The quantitative estimate of drug-likeness (QED) is 0.661. The molecule has 0 amide bonds. The zero-order chi connectivity index (χ0) is 16.8. The minimum atomic E-state index is 0.479. The molecule has 1 aromatic heterocycles. The molecule has 0 aliphatic rings. The highest BCUT2D eigenvalue weighted by Crippen LogP contribution is 2.17. The van der Waals surface area contributed by atoms with Crippen LogP contribution in [0.25, 0.3) is 5.69 Å². The van der Waals surface area contributed by atoms with Gasteiger partial charge in [-0.05, 0) is 49.2 Å². The minimum Gasteiger partial charge on any atom is -0.487 e. The molecule has 0 N–H and O–H groups in total. The zero-order valence-corrected chi connectivity index (χ0v) is 14.1. The standard InChI is InChI=1S/C20H22N2O2/c1-16-14-19(22(21-16)18-6-4-3-5-7-18)15-24-20-10-8-17(9-11-20)12-13-23-2/h3-11,14H,12-13,15H2,1-2H3. The number of rotatable bonds is 7. The minimum absolute atomic E-state index is 0.479. The van der Waals surface area contributed by atoms with Crippen molar-refractivity contribution in [3.63, 3.8) is 0 Å². The van der Waals surface area contributed by atoms with E-state index < -0.39 is 0 Å². The molecule has 0 aliphatic heterocycles. The van der Waals surface area contributed by atoms with Crippen molar-refractivity contribution in [3.05, 3.63) is 77.6 Å².